The summed E-state index contributed by atoms with van der Waals surface area (Å²) < 4.78 is 0.795. The van der Waals surface area contributed by atoms with E-state index in [4.69, 9.17) is 17.3 Å². The summed E-state index contributed by atoms with van der Waals surface area (Å²) >= 11 is 9.37. The van der Waals surface area contributed by atoms with Gasteiger partial charge in [-0.2, -0.15) is 0 Å². The SMILES string of the molecule is NC(=O)[C@H]1CCCN(C(=O)c2cc(Br)ccc2Cl)C1. The highest BCUT2D eigenvalue weighted by molar-refractivity contribution is 9.10. The van der Waals surface area contributed by atoms with E-state index in [1.165, 1.54) is 0 Å². The topological polar surface area (TPSA) is 63.4 Å². The normalized spacial score (nSPS) is 19.3. The molecular weight excluding hydrogens is 332 g/mol. The summed E-state index contributed by atoms with van der Waals surface area (Å²) in [4.78, 5) is 25.3. The summed E-state index contributed by atoms with van der Waals surface area (Å²) in [6.07, 6.45) is 1.52. The first-order valence-corrected chi connectivity index (χ1v) is 7.20. The number of rotatable bonds is 2. The van der Waals surface area contributed by atoms with Crippen LogP contribution in [-0.2, 0) is 4.79 Å². The Morgan fingerprint density at radius 3 is 2.84 bits per heavy atom. The quantitative estimate of drug-likeness (QED) is 0.895. The van der Waals surface area contributed by atoms with Gasteiger partial charge in [0.2, 0.25) is 5.91 Å². The van der Waals surface area contributed by atoms with Crippen LogP contribution in [0.2, 0.25) is 5.02 Å². The molecule has 2 rings (SSSR count). The molecule has 0 unspecified atom stereocenters. The lowest BCUT2D eigenvalue weighted by molar-refractivity contribution is -0.123. The third-order valence-corrected chi connectivity index (χ3v) is 4.09. The molecule has 1 atom stereocenters. The zero-order valence-corrected chi connectivity index (χ0v) is 12.6. The maximum Gasteiger partial charge on any atom is 0.255 e. The Balaban J connectivity index is 2.19. The molecule has 6 heteroatoms. The second-order valence-corrected chi connectivity index (χ2v) is 5.94. The van der Waals surface area contributed by atoms with Gasteiger partial charge in [0, 0.05) is 17.6 Å². The summed E-state index contributed by atoms with van der Waals surface area (Å²) in [5.74, 6) is -0.765. The third kappa shape index (κ3) is 3.28. The Hall–Kier alpha value is -1.07. The van der Waals surface area contributed by atoms with Crippen molar-refractivity contribution in [2.45, 2.75) is 12.8 Å². The molecule has 0 aromatic heterocycles. The van der Waals surface area contributed by atoms with Gasteiger partial charge in [0.1, 0.15) is 0 Å². The van der Waals surface area contributed by atoms with E-state index in [0.717, 1.165) is 17.3 Å². The maximum atomic E-state index is 12.4. The molecule has 1 saturated heterocycles. The predicted octanol–water partition coefficient (Wildman–Crippen LogP) is 2.44. The lowest BCUT2D eigenvalue weighted by Crippen LogP contribution is -2.44. The number of likely N-dealkylation sites (tertiary alicyclic amines) is 1. The Morgan fingerprint density at radius 1 is 1.42 bits per heavy atom. The van der Waals surface area contributed by atoms with Crippen LogP contribution in [0.5, 0.6) is 0 Å². The second-order valence-electron chi connectivity index (χ2n) is 4.62. The number of amides is 2. The number of piperidine rings is 1. The van der Waals surface area contributed by atoms with Crippen molar-refractivity contribution in [3.05, 3.63) is 33.3 Å². The summed E-state index contributed by atoms with van der Waals surface area (Å²) in [6, 6.07) is 5.15. The Bertz CT molecular complexity index is 521. The first kappa shape index (κ1) is 14.3. The molecule has 1 aliphatic rings. The minimum atomic E-state index is -0.349. The van der Waals surface area contributed by atoms with Crippen molar-refractivity contribution < 1.29 is 9.59 Å². The van der Waals surface area contributed by atoms with E-state index < -0.39 is 0 Å². The molecule has 19 heavy (non-hydrogen) atoms. The molecule has 0 radical (unpaired) electrons. The summed E-state index contributed by atoms with van der Waals surface area (Å²) in [5, 5.41) is 0.411. The van der Waals surface area contributed by atoms with E-state index in [0.29, 0.717) is 23.7 Å². The number of benzene rings is 1. The maximum absolute atomic E-state index is 12.4. The van der Waals surface area contributed by atoms with Gasteiger partial charge < -0.3 is 10.6 Å². The molecule has 1 fully saturated rings. The standard InChI is InChI=1S/C13H14BrClN2O2/c14-9-3-4-11(15)10(6-9)13(19)17-5-1-2-8(7-17)12(16)18/h3-4,6,8H,1-2,5,7H2,(H2,16,18)/t8-/m0/s1. The smallest absolute Gasteiger partial charge is 0.255 e. The highest BCUT2D eigenvalue weighted by Gasteiger charge is 2.28. The van der Waals surface area contributed by atoms with Crippen molar-refractivity contribution in [1.29, 1.82) is 0 Å². The van der Waals surface area contributed by atoms with Gasteiger partial charge in [-0.3, -0.25) is 9.59 Å². The Morgan fingerprint density at radius 2 is 2.16 bits per heavy atom. The third-order valence-electron chi connectivity index (χ3n) is 3.27. The zero-order chi connectivity index (χ0) is 14.0. The van der Waals surface area contributed by atoms with Crippen LogP contribution in [0.3, 0.4) is 0 Å². The number of carbonyl (C=O) groups is 2. The van der Waals surface area contributed by atoms with Crippen molar-refractivity contribution in [2.75, 3.05) is 13.1 Å². The van der Waals surface area contributed by atoms with E-state index in [1.807, 2.05) is 0 Å². The number of nitrogens with zero attached hydrogens (tertiary/aromatic N) is 1. The van der Waals surface area contributed by atoms with Crippen LogP contribution < -0.4 is 5.73 Å². The molecule has 1 heterocycles. The zero-order valence-electron chi connectivity index (χ0n) is 10.2. The molecule has 0 saturated carbocycles. The van der Waals surface area contributed by atoms with Crippen LogP contribution in [0.25, 0.3) is 0 Å². The lowest BCUT2D eigenvalue weighted by atomic mass is 9.97. The average molecular weight is 346 g/mol. The molecule has 0 spiro atoms. The highest BCUT2D eigenvalue weighted by atomic mass is 79.9. The first-order chi connectivity index (χ1) is 8.99. The first-order valence-electron chi connectivity index (χ1n) is 6.02. The Labute approximate surface area is 125 Å². The fourth-order valence-corrected chi connectivity index (χ4v) is 2.79. The molecular formula is C13H14BrClN2O2. The van der Waals surface area contributed by atoms with Crippen molar-refractivity contribution in [3.63, 3.8) is 0 Å². The number of nitrogens with two attached hydrogens (primary N) is 1. The molecule has 0 bridgehead atoms. The van der Waals surface area contributed by atoms with Crippen LogP contribution in [-0.4, -0.2) is 29.8 Å². The summed E-state index contributed by atoms with van der Waals surface area (Å²) in [6.45, 7) is 1.00. The van der Waals surface area contributed by atoms with Gasteiger partial charge in [-0.05, 0) is 31.0 Å². The molecule has 0 aliphatic carbocycles. The van der Waals surface area contributed by atoms with Crippen molar-refractivity contribution in [2.24, 2.45) is 11.7 Å². The monoisotopic (exact) mass is 344 g/mol. The number of primary amides is 1. The number of halogens is 2. The average Bonchev–Trinajstić information content (AvgIpc) is 2.41. The van der Waals surface area contributed by atoms with Gasteiger partial charge in [-0.25, -0.2) is 0 Å². The van der Waals surface area contributed by atoms with E-state index in [9.17, 15) is 9.59 Å². The minimum absolute atomic E-state index is 0.155. The summed E-state index contributed by atoms with van der Waals surface area (Å²) in [5.41, 5.74) is 5.76. The van der Waals surface area contributed by atoms with Gasteiger partial charge in [0.25, 0.3) is 5.91 Å². The lowest BCUT2D eigenvalue weighted by Gasteiger charge is -2.31. The van der Waals surface area contributed by atoms with Gasteiger partial charge in [-0.15, -0.1) is 0 Å². The second kappa shape index (κ2) is 5.92. The Kier molecular flexibility index (Phi) is 4.47. The van der Waals surface area contributed by atoms with Crippen molar-refractivity contribution in [1.82, 2.24) is 4.90 Å². The van der Waals surface area contributed by atoms with Gasteiger partial charge in [0.15, 0.2) is 0 Å². The molecule has 1 aromatic rings. The minimum Gasteiger partial charge on any atom is -0.369 e. The van der Waals surface area contributed by atoms with E-state index in [1.54, 1.807) is 23.1 Å². The number of hydrogen-bond acceptors (Lipinski definition) is 2. The molecule has 1 aliphatic heterocycles. The molecule has 102 valence electrons. The van der Waals surface area contributed by atoms with Gasteiger partial charge in [0.05, 0.1) is 16.5 Å². The van der Waals surface area contributed by atoms with E-state index in [-0.39, 0.29) is 17.7 Å². The van der Waals surface area contributed by atoms with E-state index >= 15 is 0 Å². The fourth-order valence-electron chi connectivity index (χ4n) is 2.23. The number of hydrogen-bond donors (Lipinski definition) is 1. The molecule has 1 aromatic carbocycles. The van der Waals surface area contributed by atoms with Crippen LogP contribution >= 0.6 is 27.5 Å². The van der Waals surface area contributed by atoms with Crippen molar-refractivity contribution >= 4 is 39.3 Å². The van der Waals surface area contributed by atoms with Crippen LogP contribution in [0.4, 0.5) is 0 Å². The largest absolute Gasteiger partial charge is 0.369 e. The van der Waals surface area contributed by atoms with Crippen LogP contribution in [0.15, 0.2) is 22.7 Å². The van der Waals surface area contributed by atoms with E-state index in [2.05, 4.69) is 15.9 Å². The van der Waals surface area contributed by atoms with Gasteiger partial charge >= 0.3 is 0 Å². The van der Waals surface area contributed by atoms with Crippen LogP contribution in [0, 0.1) is 5.92 Å². The molecule has 2 N–H and O–H groups in total. The highest BCUT2D eigenvalue weighted by Crippen LogP contribution is 2.25. The molecule has 2 amide bonds. The fraction of sp³-hybridized carbons (Fsp3) is 0.385. The predicted molar refractivity (Wildman–Crippen MR) is 77.0 cm³/mol. The molecule has 4 nitrogen and oxygen atoms in total. The van der Waals surface area contributed by atoms with Crippen molar-refractivity contribution in [3.8, 4) is 0 Å². The summed E-state index contributed by atoms with van der Waals surface area (Å²) in [7, 11) is 0. The van der Waals surface area contributed by atoms with Crippen LogP contribution in [0.1, 0.15) is 23.2 Å². The van der Waals surface area contributed by atoms with Gasteiger partial charge in [-0.1, -0.05) is 27.5 Å². The number of carbonyl (C=O) groups excluding carboxylic acids is 2.